The predicted molar refractivity (Wildman–Crippen MR) is 68.9 cm³/mol. The van der Waals surface area contributed by atoms with Crippen LogP contribution < -0.4 is 15.2 Å². The molecule has 0 radical (unpaired) electrons. The summed E-state index contributed by atoms with van der Waals surface area (Å²) < 4.78 is 25.7. The summed E-state index contributed by atoms with van der Waals surface area (Å²) in [5.41, 5.74) is 7.94. The second kappa shape index (κ2) is 4.46. The van der Waals surface area contributed by atoms with Crippen molar-refractivity contribution < 1.29 is 13.9 Å². The van der Waals surface area contributed by atoms with Crippen molar-refractivity contribution in [3.63, 3.8) is 0 Å². The fourth-order valence-corrected chi connectivity index (χ4v) is 2.14. The Hall–Kier alpha value is -2.24. The number of hydrogen-bond acceptors (Lipinski definition) is 4. The maximum atomic E-state index is 12.9. The van der Waals surface area contributed by atoms with Gasteiger partial charge >= 0.3 is 0 Å². The van der Waals surface area contributed by atoms with Crippen molar-refractivity contribution >= 4 is 5.82 Å². The van der Waals surface area contributed by atoms with Gasteiger partial charge in [-0.15, -0.1) is 0 Å². The minimum Gasteiger partial charge on any atom is -0.486 e. The van der Waals surface area contributed by atoms with Crippen LogP contribution >= 0.6 is 0 Å². The highest BCUT2D eigenvalue weighted by Crippen LogP contribution is 2.42. The summed E-state index contributed by atoms with van der Waals surface area (Å²) in [5, 5.41) is 4.10. The Balaban J connectivity index is 2.21. The number of benzene rings is 1. The molecule has 0 atom stereocenters. The van der Waals surface area contributed by atoms with Gasteiger partial charge in [0.15, 0.2) is 11.5 Å². The number of fused-ring (bicyclic) bond motifs is 1. The number of aromatic nitrogens is 2. The van der Waals surface area contributed by atoms with Crippen molar-refractivity contribution in [2.24, 2.45) is 7.05 Å². The number of halogens is 1. The van der Waals surface area contributed by atoms with Gasteiger partial charge in [0.05, 0.1) is 6.20 Å². The van der Waals surface area contributed by atoms with Gasteiger partial charge in [-0.2, -0.15) is 5.10 Å². The Morgan fingerprint density at radius 3 is 2.79 bits per heavy atom. The molecule has 2 heterocycles. The lowest BCUT2D eigenvalue weighted by Gasteiger charge is -2.21. The van der Waals surface area contributed by atoms with E-state index in [2.05, 4.69) is 5.10 Å². The van der Waals surface area contributed by atoms with E-state index < -0.39 is 6.67 Å². The standard InChI is InChI=1S/C13H14FN3O2/c1-17-13(15)10(7-16-17)9-4-8(6-14)5-11-12(9)19-3-2-18-11/h4-5,7H,2-3,6,15H2,1H3. The molecule has 6 heteroatoms. The number of rotatable bonds is 2. The molecule has 0 bridgehead atoms. The quantitative estimate of drug-likeness (QED) is 0.899. The summed E-state index contributed by atoms with van der Waals surface area (Å²) in [7, 11) is 1.75. The van der Waals surface area contributed by atoms with Crippen LogP contribution in [0.5, 0.6) is 11.5 Å². The highest BCUT2D eigenvalue weighted by atomic mass is 19.1. The average molecular weight is 263 g/mol. The first-order chi connectivity index (χ1) is 9.20. The van der Waals surface area contributed by atoms with Crippen LogP contribution in [-0.2, 0) is 13.7 Å². The van der Waals surface area contributed by atoms with E-state index in [9.17, 15) is 4.39 Å². The van der Waals surface area contributed by atoms with Crippen molar-refractivity contribution in [3.05, 3.63) is 23.9 Å². The Labute approximate surface area is 109 Å². The third-order valence-corrected chi connectivity index (χ3v) is 3.13. The molecule has 0 amide bonds. The number of nitrogen functional groups attached to an aromatic ring is 1. The number of aryl methyl sites for hydroxylation is 1. The zero-order chi connectivity index (χ0) is 13.4. The van der Waals surface area contributed by atoms with Gasteiger partial charge in [-0.25, -0.2) is 4.39 Å². The number of anilines is 1. The van der Waals surface area contributed by atoms with E-state index in [4.69, 9.17) is 15.2 Å². The van der Waals surface area contributed by atoms with Crippen LogP contribution in [-0.4, -0.2) is 23.0 Å². The first-order valence-corrected chi connectivity index (χ1v) is 5.97. The van der Waals surface area contributed by atoms with Crippen molar-refractivity contribution in [1.82, 2.24) is 9.78 Å². The van der Waals surface area contributed by atoms with Crippen molar-refractivity contribution in [3.8, 4) is 22.6 Å². The smallest absolute Gasteiger partial charge is 0.169 e. The van der Waals surface area contributed by atoms with Crippen LogP contribution in [0.4, 0.5) is 10.2 Å². The zero-order valence-corrected chi connectivity index (χ0v) is 10.5. The lowest BCUT2D eigenvalue weighted by molar-refractivity contribution is 0.172. The SMILES string of the molecule is Cn1ncc(-c2cc(CF)cc3c2OCCO3)c1N. The van der Waals surface area contributed by atoms with E-state index in [1.807, 2.05) is 0 Å². The first kappa shape index (κ1) is 11.8. The number of nitrogens with two attached hydrogens (primary N) is 1. The Morgan fingerprint density at radius 1 is 1.32 bits per heavy atom. The molecular weight excluding hydrogens is 249 g/mol. The van der Waals surface area contributed by atoms with Gasteiger partial charge in [-0.05, 0) is 17.7 Å². The predicted octanol–water partition coefficient (Wildman–Crippen LogP) is 1.91. The van der Waals surface area contributed by atoms with E-state index in [0.29, 0.717) is 36.1 Å². The maximum Gasteiger partial charge on any atom is 0.169 e. The van der Waals surface area contributed by atoms with Crippen LogP contribution in [0.3, 0.4) is 0 Å². The molecule has 3 rings (SSSR count). The molecule has 0 unspecified atom stereocenters. The molecule has 1 aliphatic heterocycles. The molecule has 1 aliphatic rings. The number of hydrogen-bond donors (Lipinski definition) is 1. The van der Waals surface area contributed by atoms with Crippen LogP contribution in [0.15, 0.2) is 18.3 Å². The molecule has 0 saturated carbocycles. The molecule has 0 fully saturated rings. The van der Waals surface area contributed by atoms with E-state index >= 15 is 0 Å². The molecule has 1 aromatic heterocycles. The fraction of sp³-hybridized carbons (Fsp3) is 0.308. The summed E-state index contributed by atoms with van der Waals surface area (Å²) in [4.78, 5) is 0. The van der Waals surface area contributed by atoms with Crippen LogP contribution in [0.25, 0.3) is 11.1 Å². The van der Waals surface area contributed by atoms with Gasteiger partial charge in [0, 0.05) is 18.2 Å². The van der Waals surface area contributed by atoms with Gasteiger partial charge < -0.3 is 15.2 Å². The molecule has 2 aromatic rings. The minimum atomic E-state index is -0.566. The average Bonchev–Trinajstić information content (AvgIpc) is 2.78. The highest BCUT2D eigenvalue weighted by Gasteiger charge is 2.21. The monoisotopic (exact) mass is 263 g/mol. The van der Waals surface area contributed by atoms with Gasteiger partial charge in [0.25, 0.3) is 0 Å². The lowest BCUT2D eigenvalue weighted by atomic mass is 10.0. The number of ether oxygens (including phenoxy) is 2. The number of alkyl halides is 1. The van der Waals surface area contributed by atoms with Gasteiger partial charge in [-0.3, -0.25) is 4.68 Å². The summed E-state index contributed by atoms with van der Waals surface area (Å²) >= 11 is 0. The summed E-state index contributed by atoms with van der Waals surface area (Å²) in [6, 6.07) is 3.38. The Kier molecular flexibility index (Phi) is 2.77. The number of nitrogens with zero attached hydrogens (tertiary/aromatic N) is 2. The topological polar surface area (TPSA) is 62.3 Å². The molecule has 19 heavy (non-hydrogen) atoms. The fourth-order valence-electron chi connectivity index (χ4n) is 2.14. The molecule has 0 spiro atoms. The van der Waals surface area contributed by atoms with Crippen LogP contribution in [0, 0.1) is 0 Å². The zero-order valence-electron chi connectivity index (χ0n) is 10.5. The Morgan fingerprint density at radius 2 is 2.11 bits per heavy atom. The van der Waals surface area contributed by atoms with Crippen molar-refractivity contribution in [2.75, 3.05) is 18.9 Å². The molecule has 0 aliphatic carbocycles. The second-order valence-electron chi connectivity index (χ2n) is 4.37. The lowest BCUT2D eigenvalue weighted by Crippen LogP contribution is -2.16. The van der Waals surface area contributed by atoms with Crippen LogP contribution in [0.2, 0.25) is 0 Å². The van der Waals surface area contributed by atoms with Crippen LogP contribution in [0.1, 0.15) is 5.56 Å². The van der Waals surface area contributed by atoms with Gasteiger partial charge in [-0.1, -0.05) is 0 Å². The van der Waals surface area contributed by atoms with E-state index in [-0.39, 0.29) is 0 Å². The summed E-state index contributed by atoms with van der Waals surface area (Å²) in [6.07, 6.45) is 1.64. The Bertz CT molecular complexity index is 625. The molecule has 2 N–H and O–H groups in total. The molecule has 1 aromatic carbocycles. The molecule has 0 saturated heterocycles. The largest absolute Gasteiger partial charge is 0.486 e. The third kappa shape index (κ3) is 1.89. The first-order valence-electron chi connectivity index (χ1n) is 5.97. The summed E-state index contributed by atoms with van der Waals surface area (Å²) in [6.45, 7) is 0.365. The van der Waals surface area contributed by atoms with Gasteiger partial charge in [0.1, 0.15) is 25.7 Å². The third-order valence-electron chi connectivity index (χ3n) is 3.13. The van der Waals surface area contributed by atoms with Gasteiger partial charge in [0.2, 0.25) is 0 Å². The van der Waals surface area contributed by atoms with Crippen molar-refractivity contribution in [1.29, 1.82) is 0 Å². The van der Waals surface area contributed by atoms with E-state index in [1.54, 1.807) is 30.1 Å². The molecular formula is C13H14FN3O2. The second-order valence-corrected chi connectivity index (χ2v) is 4.37. The minimum absolute atomic E-state index is 0.463. The van der Waals surface area contributed by atoms with Crippen molar-refractivity contribution in [2.45, 2.75) is 6.67 Å². The maximum absolute atomic E-state index is 12.9. The van der Waals surface area contributed by atoms with E-state index in [0.717, 1.165) is 11.1 Å². The highest BCUT2D eigenvalue weighted by molar-refractivity contribution is 5.81. The van der Waals surface area contributed by atoms with E-state index in [1.165, 1.54) is 0 Å². The molecule has 5 nitrogen and oxygen atoms in total. The molecule has 100 valence electrons. The summed E-state index contributed by atoms with van der Waals surface area (Å²) in [5.74, 6) is 1.66. The normalized spacial score (nSPS) is 13.6.